The van der Waals surface area contributed by atoms with Gasteiger partial charge in [-0.25, -0.2) is 0 Å². The van der Waals surface area contributed by atoms with Gasteiger partial charge in [0.1, 0.15) is 0 Å². The van der Waals surface area contributed by atoms with Crippen LogP contribution in [-0.4, -0.2) is 17.8 Å². The third kappa shape index (κ3) is 2.18. The number of ether oxygens (including phenoxy) is 1. The van der Waals surface area contributed by atoms with E-state index in [0.717, 1.165) is 11.1 Å². The maximum Gasteiger partial charge on any atom is 0.0874 e. The summed E-state index contributed by atoms with van der Waals surface area (Å²) in [7, 11) is 0. The Morgan fingerprint density at radius 1 is 1.33 bits per heavy atom. The van der Waals surface area contributed by atoms with Gasteiger partial charge in [0.25, 0.3) is 0 Å². The summed E-state index contributed by atoms with van der Waals surface area (Å²) in [4.78, 5) is 0. The molecule has 1 saturated heterocycles. The third-order valence-corrected chi connectivity index (χ3v) is 2.68. The van der Waals surface area contributed by atoms with E-state index in [-0.39, 0.29) is 6.10 Å². The summed E-state index contributed by atoms with van der Waals surface area (Å²) in [5, 5.41) is 9.78. The van der Waals surface area contributed by atoms with Gasteiger partial charge in [0.2, 0.25) is 0 Å². The van der Waals surface area contributed by atoms with Crippen molar-refractivity contribution in [1.29, 1.82) is 0 Å². The molecule has 0 aliphatic carbocycles. The molecule has 0 spiro atoms. The Kier molecular flexibility index (Phi) is 3.02. The summed E-state index contributed by atoms with van der Waals surface area (Å²) in [6.07, 6.45) is 0.0988. The molecule has 2 heteroatoms. The van der Waals surface area contributed by atoms with Crippen molar-refractivity contribution in [3.63, 3.8) is 0 Å². The van der Waals surface area contributed by atoms with E-state index in [1.54, 1.807) is 0 Å². The summed E-state index contributed by atoms with van der Waals surface area (Å²) < 4.78 is 5.64. The highest BCUT2D eigenvalue weighted by molar-refractivity contribution is 5.20. The fraction of sp³-hybridized carbons (Fsp3) is 0.308. The van der Waals surface area contributed by atoms with Crippen LogP contribution in [0.3, 0.4) is 0 Å². The third-order valence-electron chi connectivity index (χ3n) is 2.68. The van der Waals surface area contributed by atoms with Crippen LogP contribution in [0.1, 0.15) is 18.1 Å². The van der Waals surface area contributed by atoms with Gasteiger partial charge in [-0.3, -0.25) is 0 Å². The minimum absolute atomic E-state index is 0.0155. The zero-order valence-electron chi connectivity index (χ0n) is 8.52. The molecular weight excluding hydrogens is 188 g/mol. The molecular formula is C13H14O2. The molecule has 1 aliphatic rings. The van der Waals surface area contributed by atoms with Gasteiger partial charge in [0, 0.05) is 12.0 Å². The quantitative estimate of drug-likeness (QED) is 0.707. The lowest BCUT2D eigenvalue weighted by Crippen LogP contribution is -2.25. The maximum atomic E-state index is 9.78. The SMILES string of the molecule is C=C=C1CO[C@H](c2ccccc2)C[C@H]1O. The first-order valence-corrected chi connectivity index (χ1v) is 5.04. The largest absolute Gasteiger partial charge is 0.388 e. The van der Waals surface area contributed by atoms with Crippen LogP contribution in [0.2, 0.25) is 0 Å². The van der Waals surface area contributed by atoms with Gasteiger partial charge in [-0.15, -0.1) is 5.73 Å². The van der Waals surface area contributed by atoms with E-state index < -0.39 is 6.10 Å². The second kappa shape index (κ2) is 4.45. The molecule has 1 aromatic carbocycles. The lowest BCUT2D eigenvalue weighted by atomic mass is 9.97. The summed E-state index contributed by atoms with van der Waals surface area (Å²) in [6.45, 7) is 3.95. The van der Waals surface area contributed by atoms with Crippen molar-refractivity contribution >= 4 is 0 Å². The average molecular weight is 202 g/mol. The van der Waals surface area contributed by atoms with Gasteiger partial charge in [-0.2, -0.15) is 0 Å². The molecule has 0 saturated carbocycles. The minimum Gasteiger partial charge on any atom is -0.388 e. The van der Waals surface area contributed by atoms with E-state index in [1.165, 1.54) is 0 Å². The monoisotopic (exact) mass is 202 g/mol. The highest BCUT2D eigenvalue weighted by Crippen LogP contribution is 2.29. The van der Waals surface area contributed by atoms with Crippen LogP contribution in [0, 0.1) is 0 Å². The van der Waals surface area contributed by atoms with Crippen molar-refractivity contribution in [3.05, 3.63) is 53.8 Å². The average Bonchev–Trinajstić information content (AvgIpc) is 2.30. The lowest BCUT2D eigenvalue weighted by Gasteiger charge is -2.28. The maximum absolute atomic E-state index is 9.78. The van der Waals surface area contributed by atoms with Crippen LogP contribution in [0.25, 0.3) is 0 Å². The summed E-state index contributed by atoms with van der Waals surface area (Å²) in [5.41, 5.74) is 4.58. The zero-order valence-corrected chi connectivity index (χ0v) is 8.52. The molecule has 0 unspecified atom stereocenters. The Morgan fingerprint density at radius 2 is 2.07 bits per heavy atom. The van der Waals surface area contributed by atoms with Crippen molar-refractivity contribution < 1.29 is 9.84 Å². The van der Waals surface area contributed by atoms with E-state index in [4.69, 9.17) is 4.74 Å². The van der Waals surface area contributed by atoms with E-state index in [9.17, 15) is 5.11 Å². The molecule has 1 aromatic rings. The number of hydrogen-bond donors (Lipinski definition) is 1. The van der Waals surface area contributed by atoms with Gasteiger partial charge < -0.3 is 9.84 Å². The first-order chi connectivity index (χ1) is 7.31. The molecule has 0 bridgehead atoms. The van der Waals surface area contributed by atoms with Crippen LogP contribution in [0.4, 0.5) is 0 Å². The second-order valence-corrected chi connectivity index (χ2v) is 3.66. The van der Waals surface area contributed by atoms with E-state index >= 15 is 0 Å². The molecule has 2 rings (SSSR count). The van der Waals surface area contributed by atoms with E-state index in [0.29, 0.717) is 13.0 Å². The van der Waals surface area contributed by atoms with Crippen molar-refractivity contribution in [2.75, 3.05) is 6.61 Å². The Balaban J connectivity index is 2.13. The smallest absolute Gasteiger partial charge is 0.0874 e. The Morgan fingerprint density at radius 3 is 2.67 bits per heavy atom. The van der Waals surface area contributed by atoms with Crippen LogP contribution < -0.4 is 0 Å². The normalized spacial score (nSPS) is 26.1. The minimum atomic E-state index is -0.471. The predicted molar refractivity (Wildman–Crippen MR) is 58.4 cm³/mol. The van der Waals surface area contributed by atoms with Crippen molar-refractivity contribution in [2.24, 2.45) is 0 Å². The number of rotatable bonds is 1. The number of aliphatic hydroxyl groups excluding tert-OH is 1. The molecule has 0 aromatic heterocycles. The number of benzene rings is 1. The van der Waals surface area contributed by atoms with Gasteiger partial charge in [-0.1, -0.05) is 36.9 Å². The Labute approximate surface area is 89.5 Å². The molecule has 0 amide bonds. The molecule has 1 aliphatic heterocycles. The summed E-state index contributed by atoms with van der Waals surface area (Å²) in [5.74, 6) is 0. The Bertz CT molecular complexity index is 377. The Hall–Kier alpha value is -1.34. The molecule has 15 heavy (non-hydrogen) atoms. The summed E-state index contributed by atoms with van der Waals surface area (Å²) in [6, 6.07) is 9.95. The highest BCUT2D eigenvalue weighted by Gasteiger charge is 2.25. The zero-order chi connectivity index (χ0) is 10.7. The summed E-state index contributed by atoms with van der Waals surface area (Å²) >= 11 is 0. The molecule has 2 nitrogen and oxygen atoms in total. The van der Waals surface area contributed by atoms with Crippen LogP contribution in [0.5, 0.6) is 0 Å². The van der Waals surface area contributed by atoms with E-state index in [1.807, 2.05) is 30.3 Å². The topological polar surface area (TPSA) is 29.5 Å². The molecule has 1 N–H and O–H groups in total. The van der Waals surface area contributed by atoms with Gasteiger partial charge in [0.15, 0.2) is 0 Å². The standard InChI is InChI=1S/C13H14O2/c1-2-10-9-15-13(8-12(10)14)11-6-4-3-5-7-11/h3-7,12-14H,1,8-9H2/t12-,13+/m1/s1. The molecule has 78 valence electrons. The van der Waals surface area contributed by atoms with Gasteiger partial charge >= 0.3 is 0 Å². The van der Waals surface area contributed by atoms with E-state index in [2.05, 4.69) is 12.3 Å². The lowest BCUT2D eigenvalue weighted by molar-refractivity contribution is -0.00778. The molecule has 0 radical (unpaired) electrons. The van der Waals surface area contributed by atoms with Crippen molar-refractivity contribution in [2.45, 2.75) is 18.6 Å². The van der Waals surface area contributed by atoms with Crippen molar-refractivity contribution in [3.8, 4) is 0 Å². The molecule has 1 fully saturated rings. The first-order valence-electron chi connectivity index (χ1n) is 5.04. The molecule has 1 heterocycles. The highest BCUT2D eigenvalue weighted by atomic mass is 16.5. The number of hydrogen-bond acceptors (Lipinski definition) is 2. The first kappa shape index (κ1) is 10.2. The van der Waals surface area contributed by atoms with Gasteiger partial charge in [0.05, 0.1) is 18.8 Å². The second-order valence-electron chi connectivity index (χ2n) is 3.66. The number of aliphatic hydroxyl groups is 1. The predicted octanol–water partition coefficient (Wildman–Crippen LogP) is 2.22. The van der Waals surface area contributed by atoms with Crippen LogP contribution in [-0.2, 0) is 4.74 Å². The molecule has 2 atom stereocenters. The van der Waals surface area contributed by atoms with Gasteiger partial charge in [-0.05, 0) is 5.56 Å². The van der Waals surface area contributed by atoms with Crippen LogP contribution >= 0.6 is 0 Å². The van der Waals surface area contributed by atoms with Crippen LogP contribution in [0.15, 0.2) is 48.2 Å². The van der Waals surface area contributed by atoms with Crippen molar-refractivity contribution in [1.82, 2.24) is 0 Å². The fourth-order valence-electron chi connectivity index (χ4n) is 1.77. The fourth-order valence-corrected chi connectivity index (χ4v) is 1.77.